The summed E-state index contributed by atoms with van der Waals surface area (Å²) < 4.78 is 2.23. The second kappa shape index (κ2) is 3.78. The molecule has 1 aliphatic carbocycles. The standard InChI is InChI=1S/C14H13ClN2/c15-12-2-1-3-13-11(12)4-9-17(13)10-14(5-6-14)7-8-16/h1-4,9H,5-7,10H2. The summed E-state index contributed by atoms with van der Waals surface area (Å²) in [5, 5.41) is 10.7. The maximum atomic E-state index is 8.85. The number of halogens is 1. The van der Waals surface area contributed by atoms with Crippen LogP contribution in [0.5, 0.6) is 0 Å². The van der Waals surface area contributed by atoms with Crippen LogP contribution in [0.3, 0.4) is 0 Å². The third kappa shape index (κ3) is 1.81. The van der Waals surface area contributed by atoms with Gasteiger partial charge in [-0.1, -0.05) is 17.7 Å². The summed E-state index contributed by atoms with van der Waals surface area (Å²) in [5.74, 6) is 0. The van der Waals surface area contributed by atoms with E-state index in [-0.39, 0.29) is 5.41 Å². The van der Waals surface area contributed by atoms with E-state index >= 15 is 0 Å². The SMILES string of the molecule is N#CCC1(Cn2ccc3c(Cl)cccc32)CC1. The van der Waals surface area contributed by atoms with Gasteiger partial charge in [0.1, 0.15) is 0 Å². The molecule has 1 aliphatic rings. The number of hydrogen-bond acceptors (Lipinski definition) is 1. The third-order valence-corrected chi connectivity index (χ3v) is 4.01. The number of fused-ring (bicyclic) bond motifs is 1. The van der Waals surface area contributed by atoms with Gasteiger partial charge in [-0.15, -0.1) is 0 Å². The molecule has 0 atom stereocenters. The maximum Gasteiger partial charge on any atom is 0.0628 e. The number of nitrogens with zero attached hydrogens (tertiary/aromatic N) is 2. The first-order valence-corrected chi connectivity index (χ1v) is 6.22. The van der Waals surface area contributed by atoms with E-state index in [0.29, 0.717) is 6.42 Å². The molecule has 0 amide bonds. The van der Waals surface area contributed by atoms with Crippen molar-refractivity contribution in [3.8, 4) is 6.07 Å². The molecule has 86 valence electrons. The smallest absolute Gasteiger partial charge is 0.0628 e. The van der Waals surface area contributed by atoms with Gasteiger partial charge in [0.05, 0.1) is 6.07 Å². The first kappa shape index (κ1) is 10.7. The number of rotatable bonds is 3. The van der Waals surface area contributed by atoms with Crippen LogP contribution in [0.25, 0.3) is 10.9 Å². The summed E-state index contributed by atoms with van der Waals surface area (Å²) in [7, 11) is 0. The van der Waals surface area contributed by atoms with Gasteiger partial charge in [0.15, 0.2) is 0 Å². The lowest BCUT2D eigenvalue weighted by atomic mass is 10.0. The Balaban J connectivity index is 1.97. The van der Waals surface area contributed by atoms with Crippen molar-refractivity contribution in [1.29, 1.82) is 5.26 Å². The van der Waals surface area contributed by atoms with Crippen LogP contribution in [0.1, 0.15) is 19.3 Å². The highest BCUT2D eigenvalue weighted by Crippen LogP contribution is 2.50. The zero-order valence-corrected chi connectivity index (χ0v) is 10.2. The average molecular weight is 245 g/mol. The van der Waals surface area contributed by atoms with Crippen molar-refractivity contribution in [2.75, 3.05) is 0 Å². The second-order valence-corrected chi connectivity index (χ2v) is 5.36. The molecule has 0 bridgehead atoms. The van der Waals surface area contributed by atoms with Gasteiger partial charge >= 0.3 is 0 Å². The van der Waals surface area contributed by atoms with Gasteiger partial charge in [-0.2, -0.15) is 5.26 Å². The Bertz CT molecular complexity index is 602. The number of hydrogen-bond donors (Lipinski definition) is 0. The maximum absolute atomic E-state index is 8.85. The lowest BCUT2D eigenvalue weighted by Crippen LogP contribution is -2.10. The molecule has 2 nitrogen and oxygen atoms in total. The van der Waals surface area contributed by atoms with Crippen LogP contribution in [0.4, 0.5) is 0 Å². The lowest BCUT2D eigenvalue weighted by Gasteiger charge is -2.13. The molecule has 0 aliphatic heterocycles. The second-order valence-electron chi connectivity index (χ2n) is 4.95. The Morgan fingerprint density at radius 2 is 2.18 bits per heavy atom. The van der Waals surface area contributed by atoms with Gasteiger partial charge in [0.25, 0.3) is 0 Å². The van der Waals surface area contributed by atoms with Crippen LogP contribution in [0.2, 0.25) is 5.02 Å². The van der Waals surface area contributed by atoms with Crippen LogP contribution in [0.15, 0.2) is 30.5 Å². The fraction of sp³-hybridized carbons (Fsp3) is 0.357. The quantitative estimate of drug-likeness (QED) is 0.803. The minimum atomic E-state index is 0.225. The van der Waals surface area contributed by atoms with E-state index in [1.54, 1.807) is 0 Å². The Labute approximate surface area is 105 Å². The highest BCUT2D eigenvalue weighted by molar-refractivity contribution is 6.35. The highest BCUT2D eigenvalue weighted by Gasteiger charge is 2.42. The molecule has 1 aromatic carbocycles. The molecule has 1 heterocycles. The molecular formula is C14H13ClN2. The Morgan fingerprint density at radius 3 is 2.88 bits per heavy atom. The number of aromatic nitrogens is 1. The molecule has 17 heavy (non-hydrogen) atoms. The van der Waals surface area contributed by atoms with Crippen LogP contribution in [-0.2, 0) is 6.54 Å². The van der Waals surface area contributed by atoms with E-state index in [1.807, 2.05) is 12.1 Å². The summed E-state index contributed by atoms with van der Waals surface area (Å²) in [5.41, 5.74) is 1.39. The Morgan fingerprint density at radius 1 is 1.35 bits per heavy atom. The van der Waals surface area contributed by atoms with Crippen molar-refractivity contribution in [3.05, 3.63) is 35.5 Å². The van der Waals surface area contributed by atoms with Crippen molar-refractivity contribution < 1.29 is 0 Å². The van der Waals surface area contributed by atoms with Crippen LogP contribution < -0.4 is 0 Å². The van der Waals surface area contributed by atoms with E-state index < -0.39 is 0 Å². The van der Waals surface area contributed by atoms with Crippen molar-refractivity contribution in [2.45, 2.75) is 25.8 Å². The monoisotopic (exact) mass is 244 g/mol. The summed E-state index contributed by atoms with van der Waals surface area (Å²) >= 11 is 6.15. The van der Waals surface area contributed by atoms with E-state index in [1.165, 1.54) is 18.4 Å². The summed E-state index contributed by atoms with van der Waals surface area (Å²) in [6.45, 7) is 0.935. The van der Waals surface area contributed by atoms with Gasteiger partial charge < -0.3 is 4.57 Å². The topological polar surface area (TPSA) is 28.7 Å². The molecule has 2 aromatic rings. The van der Waals surface area contributed by atoms with E-state index in [2.05, 4.69) is 29.0 Å². The molecule has 1 aromatic heterocycles. The van der Waals surface area contributed by atoms with E-state index in [4.69, 9.17) is 16.9 Å². The Kier molecular flexibility index (Phi) is 2.38. The third-order valence-electron chi connectivity index (χ3n) is 3.68. The molecule has 1 fully saturated rings. The first-order valence-electron chi connectivity index (χ1n) is 5.84. The first-order chi connectivity index (χ1) is 8.24. The predicted molar refractivity (Wildman–Crippen MR) is 68.8 cm³/mol. The molecule has 0 spiro atoms. The fourth-order valence-electron chi connectivity index (χ4n) is 2.42. The fourth-order valence-corrected chi connectivity index (χ4v) is 2.65. The minimum absolute atomic E-state index is 0.225. The lowest BCUT2D eigenvalue weighted by molar-refractivity contribution is 0.440. The van der Waals surface area contributed by atoms with Crippen LogP contribution in [-0.4, -0.2) is 4.57 Å². The van der Waals surface area contributed by atoms with Gasteiger partial charge in [0.2, 0.25) is 0 Å². The van der Waals surface area contributed by atoms with Crippen molar-refractivity contribution >= 4 is 22.5 Å². The molecule has 0 unspecified atom stereocenters. The highest BCUT2D eigenvalue weighted by atomic mass is 35.5. The minimum Gasteiger partial charge on any atom is -0.347 e. The zero-order valence-electron chi connectivity index (χ0n) is 9.49. The molecule has 0 radical (unpaired) electrons. The zero-order chi connectivity index (χ0) is 11.9. The normalized spacial score (nSPS) is 16.9. The largest absolute Gasteiger partial charge is 0.347 e. The van der Waals surface area contributed by atoms with Gasteiger partial charge in [-0.3, -0.25) is 0 Å². The molecule has 1 saturated carbocycles. The van der Waals surface area contributed by atoms with E-state index in [9.17, 15) is 0 Å². The summed E-state index contributed by atoms with van der Waals surface area (Å²) in [6.07, 6.45) is 5.07. The van der Waals surface area contributed by atoms with Gasteiger partial charge in [-0.05, 0) is 31.0 Å². The van der Waals surface area contributed by atoms with Crippen LogP contribution >= 0.6 is 11.6 Å². The van der Waals surface area contributed by atoms with Crippen LogP contribution in [0, 0.1) is 16.7 Å². The predicted octanol–water partition coefficient (Wildman–Crippen LogP) is 3.99. The van der Waals surface area contributed by atoms with Crippen molar-refractivity contribution in [1.82, 2.24) is 4.57 Å². The molecule has 3 heteroatoms. The molecule has 0 saturated heterocycles. The number of nitriles is 1. The molecule has 3 rings (SSSR count). The van der Waals surface area contributed by atoms with Gasteiger partial charge in [-0.25, -0.2) is 0 Å². The number of benzene rings is 1. The van der Waals surface area contributed by atoms with Crippen molar-refractivity contribution in [3.63, 3.8) is 0 Å². The summed E-state index contributed by atoms with van der Waals surface area (Å²) in [4.78, 5) is 0. The Hall–Kier alpha value is -1.46. The average Bonchev–Trinajstić information content (AvgIpc) is 2.93. The van der Waals surface area contributed by atoms with Crippen molar-refractivity contribution in [2.24, 2.45) is 5.41 Å². The molecular weight excluding hydrogens is 232 g/mol. The van der Waals surface area contributed by atoms with Gasteiger partial charge in [0, 0.05) is 40.5 Å². The van der Waals surface area contributed by atoms with E-state index in [0.717, 1.165) is 17.0 Å². The summed E-state index contributed by atoms with van der Waals surface area (Å²) in [6, 6.07) is 10.3. The molecule has 0 N–H and O–H groups in total.